The van der Waals surface area contributed by atoms with E-state index in [0.29, 0.717) is 39.1 Å². The minimum absolute atomic E-state index is 0.0386. The lowest BCUT2D eigenvalue weighted by Gasteiger charge is -2.25. The van der Waals surface area contributed by atoms with Gasteiger partial charge < -0.3 is 25.0 Å². The topological polar surface area (TPSA) is 137 Å². The van der Waals surface area contributed by atoms with Gasteiger partial charge in [-0.25, -0.2) is 0 Å². The normalized spacial score (nSPS) is 15.1. The van der Waals surface area contributed by atoms with Crippen LogP contribution in [0.15, 0.2) is 91.3 Å². The van der Waals surface area contributed by atoms with Crippen LogP contribution in [-0.2, 0) is 24.6 Å². The Morgan fingerprint density at radius 3 is 2.38 bits per heavy atom. The number of ether oxygens (including phenoxy) is 2. The van der Waals surface area contributed by atoms with Crippen LogP contribution in [0, 0.1) is 25.2 Å². The van der Waals surface area contributed by atoms with Crippen molar-refractivity contribution in [2.45, 2.75) is 58.4 Å². The Kier molecular flexibility index (Phi) is 11.8. The fourth-order valence-electron chi connectivity index (χ4n) is 6.64. The monoisotopic (exact) mass is 730 g/mol. The SMILES string of the molecule is Cc1c(COc2cc(OCc3cncc(C#N)c3)c(CN[C@@](C)(CO)C(=O)O)cc2Cl)cccc1-c1cccc(-c2ccc(C3CCNC3)cc2)c1C. The molecule has 1 aliphatic heterocycles. The Balaban J connectivity index is 1.24. The van der Waals surface area contributed by atoms with Crippen molar-refractivity contribution in [3.05, 3.63) is 135 Å². The molecule has 53 heavy (non-hydrogen) atoms. The van der Waals surface area contributed by atoms with Gasteiger partial charge in [0, 0.05) is 42.7 Å². The first-order valence-electron chi connectivity index (χ1n) is 17.6. The van der Waals surface area contributed by atoms with Crippen LogP contribution in [0.5, 0.6) is 11.5 Å². The molecule has 4 N–H and O–H groups in total. The Hall–Kier alpha value is -5.24. The number of carboxylic acid groups (broad SMARTS) is 1. The molecule has 6 rings (SSSR count). The second-order valence-corrected chi connectivity index (χ2v) is 14.1. The summed E-state index contributed by atoms with van der Waals surface area (Å²) in [5.41, 5.74) is 9.39. The summed E-state index contributed by atoms with van der Waals surface area (Å²) in [4.78, 5) is 15.9. The maximum Gasteiger partial charge on any atom is 0.326 e. The highest BCUT2D eigenvalue weighted by atomic mass is 35.5. The van der Waals surface area contributed by atoms with E-state index in [1.165, 1.54) is 41.8 Å². The average Bonchev–Trinajstić information content (AvgIpc) is 3.72. The highest BCUT2D eigenvalue weighted by Gasteiger charge is 2.32. The number of carbonyl (C=O) groups is 1. The van der Waals surface area contributed by atoms with Crippen molar-refractivity contribution in [3.8, 4) is 39.8 Å². The third kappa shape index (κ3) is 8.54. The zero-order valence-electron chi connectivity index (χ0n) is 30.1. The number of nitrogens with one attached hydrogen (secondary N) is 2. The molecular formula is C43H43ClN4O5. The minimum atomic E-state index is -1.58. The summed E-state index contributed by atoms with van der Waals surface area (Å²) in [5.74, 6) is 0.164. The van der Waals surface area contributed by atoms with Gasteiger partial charge in [0.25, 0.3) is 0 Å². The number of aliphatic hydroxyl groups excluding tert-OH is 1. The number of benzene rings is 4. The third-order valence-corrected chi connectivity index (χ3v) is 10.4. The van der Waals surface area contributed by atoms with Crippen molar-refractivity contribution in [2.24, 2.45) is 0 Å². The van der Waals surface area contributed by atoms with E-state index in [9.17, 15) is 20.3 Å². The van der Waals surface area contributed by atoms with E-state index in [4.69, 9.17) is 21.1 Å². The van der Waals surface area contributed by atoms with Crippen LogP contribution in [0.4, 0.5) is 0 Å². The first-order chi connectivity index (χ1) is 25.6. The van der Waals surface area contributed by atoms with Crippen molar-refractivity contribution < 1.29 is 24.5 Å². The lowest BCUT2D eigenvalue weighted by Crippen LogP contribution is -2.52. The van der Waals surface area contributed by atoms with Crippen molar-refractivity contribution in [1.82, 2.24) is 15.6 Å². The molecule has 1 unspecified atom stereocenters. The molecule has 0 spiro atoms. The lowest BCUT2D eigenvalue weighted by atomic mass is 9.89. The van der Waals surface area contributed by atoms with Gasteiger partial charge >= 0.3 is 5.97 Å². The molecular weight excluding hydrogens is 688 g/mol. The van der Waals surface area contributed by atoms with Gasteiger partial charge in [0.2, 0.25) is 0 Å². The number of aliphatic carboxylic acids is 1. The molecule has 0 radical (unpaired) electrons. The van der Waals surface area contributed by atoms with Gasteiger partial charge in [-0.15, -0.1) is 0 Å². The zero-order valence-corrected chi connectivity index (χ0v) is 30.8. The molecule has 9 nitrogen and oxygen atoms in total. The average molecular weight is 731 g/mol. The van der Waals surface area contributed by atoms with E-state index < -0.39 is 18.1 Å². The number of nitriles is 1. The predicted octanol–water partition coefficient (Wildman–Crippen LogP) is 7.72. The summed E-state index contributed by atoms with van der Waals surface area (Å²) in [6.45, 7) is 7.53. The van der Waals surface area contributed by atoms with Crippen LogP contribution in [-0.4, -0.2) is 46.4 Å². The third-order valence-electron chi connectivity index (χ3n) is 10.1. The number of pyridine rings is 1. The minimum Gasteiger partial charge on any atom is -0.488 e. The zero-order chi connectivity index (χ0) is 37.5. The molecule has 10 heteroatoms. The number of aliphatic hydroxyl groups is 1. The fourth-order valence-corrected chi connectivity index (χ4v) is 6.88. The van der Waals surface area contributed by atoms with Crippen molar-refractivity contribution in [3.63, 3.8) is 0 Å². The number of hydrogen-bond donors (Lipinski definition) is 4. The maximum absolute atomic E-state index is 11.8. The van der Waals surface area contributed by atoms with Gasteiger partial charge in [0.15, 0.2) is 0 Å². The number of aromatic nitrogens is 1. The molecule has 2 heterocycles. The Morgan fingerprint density at radius 2 is 1.68 bits per heavy atom. The number of rotatable bonds is 14. The Morgan fingerprint density at radius 1 is 0.962 bits per heavy atom. The number of halogens is 1. The second-order valence-electron chi connectivity index (χ2n) is 13.7. The highest BCUT2D eigenvalue weighted by Crippen LogP contribution is 2.37. The van der Waals surface area contributed by atoms with Crippen molar-refractivity contribution in [2.75, 3.05) is 19.7 Å². The lowest BCUT2D eigenvalue weighted by molar-refractivity contribution is -0.145. The summed E-state index contributed by atoms with van der Waals surface area (Å²) >= 11 is 6.76. The molecule has 0 amide bonds. The summed E-state index contributed by atoms with van der Waals surface area (Å²) in [6, 6.07) is 28.7. The van der Waals surface area contributed by atoms with Gasteiger partial charge in [-0.2, -0.15) is 5.26 Å². The van der Waals surface area contributed by atoms with Crippen molar-refractivity contribution in [1.29, 1.82) is 5.26 Å². The molecule has 0 saturated carbocycles. The van der Waals surface area contributed by atoms with E-state index in [1.54, 1.807) is 24.4 Å². The molecule has 0 bridgehead atoms. The van der Waals surface area contributed by atoms with Crippen LogP contribution < -0.4 is 20.1 Å². The number of hydrogen-bond acceptors (Lipinski definition) is 8. The molecule has 1 aromatic heterocycles. The summed E-state index contributed by atoms with van der Waals surface area (Å²) < 4.78 is 12.5. The Labute approximate surface area is 315 Å². The van der Waals surface area contributed by atoms with E-state index in [2.05, 4.69) is 84.1 Å². The summed E-state index contributed by atoms with van der Waals surface area (Å²) in [7, 11) is 0. The highest BCUT2D eigenvalue weighted by molar-refractivity contribution is 6.32. The first kappa shape index (κ1) is 37.5. The summed E-state index contributed by atoms with van der Waals surface area (Å²) in [6.07, 6.45) is 4.25. The number of nitrogens with zero attached hydrogens (tertiary/aromatic N) is 2. The molecule has 4 aromatic carbocycles. The number of carboxylic acids is 1. The maximum atomic E-state index is 11.8. The molecule has 272 valence electrons. The first-order valence-corrected chi connectivity index (χ1v) is 18.0. The van der Waals surface area contributed by atoms with E-state index in [-0.39, 0.29) is 19.8 Å². The van der Waals surface area contributed by atoms with Crippen LogP contribution in [0.1, 0.15) is 58.2 Å². The molecule has 5 aromatic rings. The molecule has 0 aliphatic carbocycles. The Bertz CT molecular complexity index is 2140. The van der Waals surface area contributed by atoms with Crippen LogP contribution >= 0.6 is 11.6 Å². The van der Waals surface area contributed by atoms with Gasteiger partial charge in [-0.05, 0) is 96.3 Å². The van der Waals surface area contributed by atoms with E-state index in [1.807, 2.05) is 12.1 Å². The van der Waals surface area contributed by atoms with Gasteiger partial charge in [-0.1, -0.05) is 72.3 Å². The van der Waals surface area contributed by atoms with Gasteiger partial charge in [-0.3, -0.25) is 15.1 Å². The van der Waals surface area contributed by atoms with E-state index >= 15 is 0 Å². The van der Waals surface area contributed by atoms with Crippen LogP contribution in [0.3, 0.4) is 0 Å². The molecule has 1 aliphatic rings. The van der Waals surface area contributed by atoms with Crippen LogP contribution in [0.2, 0.25) is 5.02 Å². The van der Waals surface area contributed by atoms with E-state index in [0.717, 1.165) is 35.3 Å². The fraction of sp³-hybridized carbons (Fsp3) is 0.279. The quantitative estimate of drug-likeness (QED) is 0.0906. The van der Waals surface area contributed by atoms with Crippen LogP contribution in [0.25, 0.3) is 22.3 Å². The second kappa shape index (κ2) is 16.6. The summed E-state index contributed by atoms with van der Waals surface area (Å²) in [5, 5.41) is 35.4. The molecule has 1 saturated heterocycles. The molecule has 1 fully saturated rings. The smallest absolute Gasteiger partial charge is 0.326 e. The molecule has 2 atom stereocenters. The van der Waals surface area contributed by atoms with Crippen molar-refractivity contribution >= 4 is 17.6 Å². The largest absolute Gasteiger partial charge is 0.488 e. The van der Waals surface area contributed by atoms with Gasteiger partial charge in [0.1, 0.15) is 36.3 Å². The predicted molar refractivity (Wildman–Crippen MR) is 206 cm³/mol. The van der Waals surface area contributed by atoms with Gasteiger partial charge in [0.05, 0.1) is 17.2 Å². The standard InChI is InChI=1S/C43H43ClN4O5/c1-27-34(6-4-8-37(27)38-9-5-7-36(28(38)2)32-12-10-31(11-13-32)33-14-15-46-22-33)25-53-41-18-40(52-24-30-16-29(19-45)20-47-21-30)35(17-39(41)44)23-48-43(3,26-49)42(50)51/h4-13,16-18,20-21,33,46,48-49H,14-15,22-26H2,1-3H3,(H,50,51)/t33?,43-/m0/s1.